The first-order valence-corrected chi connectivity index (χ1v) is 7.46. The van der Waals surface area contributed by atoms with E-state index < -0.39 is 15.5 Å². The van der Waals surface area contributed by atoms with Gasteiger partial charge < -0.3 is 9.80 Å². The molecule has 0 unspecified atom stereocenters. The molecule has 0 saturated carbocycles. The van der Waals surface area contributed by atoms with E-state index in [-0.39, 0.29) is 11.4 Å². The number of hydrogen-bond acceptors (Lipinski definition) is 8. The lowest BCUT2D eigenvalue weighted by Gasteiger charge is -2.23. The van der Waals surface area contributed by atoms with Crippen LogP contribution in [0.2, 0.25) is 0 Å². The maximum Gasteiger partial charge on any atom is 0.303 e. The van der Waals surface area contributed by atoms with E-state index in [2.05, 4.69) is 10.2 Å². The van der Waals surface area contributed by atoms with Gasteiger partial charge in [0.1, 0.15) is 5.82 Å². The van der Waals surface area contributed by atoms with E-state index in [1.807, 2.05) is 50.1 Å². The van der Waals surface area contributed by atoms with Crippen LogP contribution in [0.3, 0.4) is 0 Å². The van der Waals surface area contributed by atoms with Gasteiger partial charge in [-0.1, -0.05) is 12.2 Å². The number of rotatable bonds is 8. The van der Waals surface area contributed by atoms with Crippen molar-refractivity contribution in [2.24, 2.45) is 10.2 Å². The van der Waals surface area contributed by atoms with Crippen molar-refractivity contribution in [3.63, 3.8) is 0 Å². The van der Waals surface area contributed by atoms with Crippen LogP contribution in [-0.2, 0) is 0 Å². The molecule has 10 nitrogen and oxygen atoms in total. The van der Waals surface area contributed by atoms with Gasteiger partial charge in [-0.25, -0.2) is 0 Å². The van der Waals surface area contributed by atoms with Gasteiger partial charge in [0.15, 0.2) is 5.69 Å². The minimum atomic E-state index is -0.736. The first-order chi connectivity index (χ1) is 12.2. The molecule has 0 bridgehead atoms. The predicted molar refractivity (Wildman–Crippen MR) is 98.0 cm³/mol. The third-order valence-electron chi connectivity index (χ3n) is 3.07. The van der Waals surface area contributed by atoms with E-state index in [4.69, 9.17) is 0 Å². The third-order valence-corrected chi connectivity index (χ3v) is 3.07. The number of nitro benzene ring substituents is 2. The largest absolute Gasteiger partial charge is 0.364 e. The van der Waals surface area contributed by atoms with Crippen LogP contribution in [0, 0.1) is 20.2 Å². The van der Waals surface area contributed by atoms with Crippen molar-refractivity contribution in [3.05, 3.63) is 74.8 Å². The Bertz CT molecular complexity index is 771. The molecule has 0 N–H and O–H groups in total. The summed E-state index contributed by atoms with van der Waals surface area (Å²) in [5, 5.41) is 29.1. The second-order valence-corrected chi connectivity index (χ2v) is 5.44. The molecular weight excluding hydrogens is 340 g/mol. The van der Waals surface area contributed by atoms with Gasteiger partial charge in [0.25, 0.3) is 5.69 Å². The molecule has 26 heavy (non-hydrogen) atoms. The van der Waals surface area contributed by atoms with E-state index in [0.29, 0.717) is 0 Å². The lowest BCUT2D eigenvalue weighted by atomic mass is 10.2. The molecule has 1 aromatic carbocycles. The van der Waals surface area contributed by atoms with E-state index >= 15 is 0 Å². The summed E-state index contributed by atoms with van der Waals surface area (Å²) in [6.45, 7) is 0. The van der Waals surface area contributed by atoms with Gasteiger partial charge in [-0.05, 0) is 18.2 Å². The molecule has 0 spiro atoms. The number of benzene rings is 1. The van der Waals surface area contributed by atoms with Crippen molar-refractivity contribution in [1.29, 1.82) is 0 Å². The number of azo groups is 1. The zero-order valence-corrected chi connectivity index (χ0v) is 14.9. The Balaban J connectivity index is 2.84. The van der Waals surface area contributed by atoms with Crippen LogP contribution in [0.15, 0.2) is 64.8 Å². The third kappa shape index (κ3) is 6.15. The van der Waals surface area contributed by atoms with Crippen molar-refractivity contribution in [2.75, 3.05) is 28.2 Å². The molecule has 0 aliphatic heterocycles. The Labute approximate surface area is 150 Å². The molecule has 0 fully saturated rings. The molecule has 1 aromatic rings. The smallest absolute Gasteiger partial charge is 0.303 e. The molecule has 0 amide bonds. The van der Waals surface area contributed by atoms with Crippen LogP contribution >= 0.6 is 0 Å². The molecule has 0 radical (unpaired) electrons. The molecule has 0 aromatic heterocycles. The van der Waals surface area contributed by atoms with Gasteiger partial charge in [0.05, 0.1) is 15.9 Å². The number of allylic oxidation sites excluding steroid dienone is 4. The summed E-state index contributed by atoms with van der Waals surface area (Å²) in [4.78, 5) is 24.1. The van der Waals surface area contributed by atoms with Gasteiger partial charge in [-0.2, -0.15) is 5.11 Å². The Morgan fingerprint density at radius 3 is 2.19 bits per heavy atom. The number of nitro groups is 2. The molecular formula is C16H20N6O4. The number of hydrogen-bond donors (Lipinski definition) is 0. The zero-order valence-electron chi connectivity index (χ0n) is 14.9. The average Bonchev–Trinajstić information content (AvgIpc) is 2.56. The predicted octanol–water partition coefficient (Wildman–Crippen LogP) is 3.62. The minimum Gasteiger partial charge on any atom is -0.364 e. The van der Waals surface area contributed by atoms with Crippen molar-refractivity contribution in [3.8, 4) is 0 Å². The van der Waals surface area contributed by atoms with Crippen molar-refractivity contribution < 1.29 is 9.85 Å². The fourth-order valence-corrected chi connectivity index (χ4v) is 1.94. The molecule has 138 valence electrons. The summed E-state index contributed by atoms with van der Waals surface area (Å²) in [5.41, 5.74) is -0.911. The standard InChI is InChI=1S/C16H20N6O4/c1-19(2)16(20(3)4)8-6-5-7-11-17-18-14-10-9-13(21(23)24)12-15(14)22(25)26/h5-12H,1-4H3. The molecule has 0 aliphatic carbocycles. The number of non-ortho nitro benzene ring substituents is 1. The van der Waals surface area contributed by atoms with E-state index in [0.717, 1.165) is 18.0 Å². The molecule has 1 rings (SSSR count). The fraction of sp³-hybridized carbons (Fsp3) is 0.250. The van der Waals surface area contributed by atoms with Crippen LogP contribution in [0.4, 0.5) is 17.1 Å². The molecule has 0 heterocycles. The summed E-state index contributed by atoms with van der Waals surface area (Å²) < 4.78 is 0. The van der Waals surface area contributed by atoms with E-state index in [1.165, 1.54) is 12.3 Å². The maximum absolute atomic E-state index is 11.0. The highest BCUT2D eigenvalue weighted by atomic mass is 16.6. The zero-order chi connectivity index (χ0) is 19.7. The summed E-state index contributed by atoms with van der Waals surface area (Å²) in [5.74, 6) is 0.998. The quantitative estimate of drug-likeness (QED) is 0.302. The highest BCUT2D eigenvalue weighted by molar-refractivity contribution is 5.61. The van der Waals surface area contributed by atoms with Crippen LogP contribution in [0.25, 0.3) is 0 Å². The Kier molecular flexibility index (Phi) is 7.62. The number of nitrogens with zero attached hydrogens (tertiary/aromatic N) is 6. The van der Waals surface area contributed by atoms with Gasteiger partial charge in [0, 0.05) is 40.5 Å². The monoisotopic (exact) mass is 360 g/mol. The summed E-state index contributed by atoms with van der Waals surface area (Å²) >= 11 is 0. The van der Waals surface area contributed by atoms with Crippen LogP contribution in [-0.4, -0.2) is 47.8 Å². The second kappa shape index (κ2) is 9.67. The molecule has 10 heteroatoms. The summed E-state index contributed by atoms with van der Waals surface area (Å²) in [6.07, 6.45) is 8.43. The van der Waals surface area contributed by atoms with Crippen molar-refractivity contribution in [2.45, 2.75) is 0 Å². The maximum atomic E-state index is 11.0. The highest BCUT2D eigenvalue weighted by Crippen LogP contribution is 2.31. The van der Waals surface area contributed by atoms with Crippen LogP contribution < -0.4 is 0 Å². The van der Waals surface area contributed by atoms with Gasteiger partial charge in [-0.15, -0.1) is 5.11 Å². The first kappa shape index (κ1) is 20.5. The van der Waals surface area contributed by atoms with E-state index in [1.54, 1.807) is 12.2 Å². The van der Waals surface area contributed by atoms with Gasteiger partial charge in [-0.3, -0.25) is 20.2 Å². The summed E-state index contributed by atoms with van der Waals surface area (Å²) in [6, 6.07) is 3.18. The SMILES string of the molecule is CN(C)C(=CC=CC=CN=Nc1ccc([N+](=O)[O-])cc1[N+](=O)[O-])N(C)C. The Hall–Kier alpha value is -3.56. The Morgan fingerprint density at radius 1 is 1.00 bits per heavy atom. The van der Waals surface area contributed by atoms with Crippen molar-refractivity contribution >= 4 is 17.1 Å². The average molecular weight is 360 g/mol. The lowest BCUT2D eigenvalue weighted by Crippen LogP contribution is -2.24. The van der Waals surface area contributed by atoms with E-state index in [9.17, 15) is 20.2 Å². The van der Waals surface area contributed by atoms with Gasteiger partial charge in [0.2, 0.25) is 0 Å². The first-order valence-electron chi connectivity index (χ1n) is 7.46. The normalized spacial score (nSPS) is 11.2. The Morgan fingerprint density at radius 2 is 1.65 bits per heavy atom. The highest BCUT2D eigenvalue weighted by Gasteiger charge is 2.19. The van der Waals surface area contributed by atoms with Crippen LogP contribution in [0.5, 0.6) is 0 Å². The molecule has 0 saturated heterocycles. The fourth-order valence-electron chi connectivity index (χ4n) is 1.94. The molecule has 0 aliphatic rings. The van der Waals surface area contributed by atoms with Crippen molar-refractivity contribution in [1.82, 2.24) is 9.80 Å². The van der Waals surface area contributed by atoms with Gasteiger partial charge >= 0.3 is 5.69 Å². The summed E-state index contributed by atoms with van der Waals surface area (Å²) in [7, 11) is 7.73. The van der Waals surface area contributed by atoms with Crippen LogP contribution in [0.1, 0.15) is 0 Å². The second-order valence-electron chi connectivity index (χ2n) is 5.44. The lowest BCUT2D eigenvalue weighted by molar-refractivity contribution is -0.393. The minimum absolute atomic E-state index is 0.0587. The molecule has 0 atom stereocenters. The topological polar surface area (TPSA) is 117 Å².